The first-order valence-electron chi connectivity index (χ1n) is 14.3. The number of fused-ring (bicyclic) bond motifs is 1. The quantitative estimate of drug-likeness (QED) is 0.0622. The molecule has 1 heterocycles. The number of thioether (sulfide) groups is 2. The first kappa shape index (κ1) is 31.4. The number of nitrogens with zero attached hydrogens (tertiary/aromatic N) is 2. The van der Waals surface area contributed by atoms with Crippen molar-refractivity contribution in [3.8, 4) is 0 Å². The van der Waals surface area contributed by atoms with Crippen LogP contribution in [0.2, 0.25) is 25.7 Å². The summed E-state index contributed by atoms with van der Waals surface area (Å²) in [5, 5.41) is 0. The third kappa shape index (κ3) is 8.95. The summed E-state index contributed by atoms with van der Waals surface area (Å²) in [6, 6.07) is 28.2. The van der Waals surface area contributed by atoms with Gasteiger partial charge in [0.2, 0.25) is 5.78 Å². The van der Waals surface area contributed by atoms with Crippen molar-refractivity contribution in [2.24, 2.45) is 5.92 Å². The lowest BCUT2D eigenvalue weighted by Gasteiger charge is -2.19. The summed E-state index contributed by atoms with van der Waals surface area (Å²) in [5.74, 6) is 2.08. The smallest absolute Gasteiger partial charge is 0.226 e. The van der Waals surface area contributed by atoms with Gasteiger partial charge >= 0.3 is 0 Å². The summed E-state index contributed by atoms with van der Waals surface area (Å²) in [4.78, 5) is 19.4. The van der Waals surface area contributed by atoms with E-state index in [1.165, 1.54) is 11.1 Å². The highest BCUT2D eigenvalue weighted by Crippen LogP contribution is 2.40. The maximum Gasteiger partial charge on any atom is 0.226 e. The summed E-state index contributed by atoms with van der Waals surface area (Å²) in [6.45, 7) is 14.3. The zero-order valence-electron chi connectivity index (χ0n) is 25.1. The van der Waals surface area contributed by atoms with Gasteiger partial charge in [0.15, 0.2) is 5.82 Å². The molecule has 7 heteroatoms. The van der Waals surface area contributed by atoms with Crippen LogP contribution in [0.3, 0.4) is 0 Å². The van der Waals surface area contributed by atoms with Gasteiger partial charge in [0.25, 0.3) is 0 Å². The van der Waals surface area contributed by atoms with E-state index in [2.05, 4.69) is 107 Å². The molecular weight excluding hydrogens is 561 g/mol. The maximum atomic E-state index is 14.5. The molecule has 4 rings (SSSR count). The monoisotopic (exact) mass is 602 g/mol. The summed E-state index contributed by atoms with van der Waals surface area (Å²) in [7, 11) is -1.23. The third-order valence-electron chi connectivity index (χ3n) is 6.79. The minimum atomic E-state index is -1.23. The lowest BCUT2D eigenvalue weighted by molar-refractivity contribution is 0.0830. The number of benzene rings is 3. The van der Waals surface area contributed by atoms with Gasteiger partial charge in [0, 0.05) is 36.0 Å². The molecule has 0 aliphatic carbocycles. The van der Waals surface area contributed by atoms with Crippen molar-refractivity contribution in [3.63, 3.8) is 0 Å². The predicted octanol–water partition coefficient (Wildman–Crippen LogP) is 9.57. The average molecular weight is 603 g/mol. The van der Waals surface area contributed by atoms with E-state index in [0.717, 1.165) is 44.0 Å². The van der Waals surface area contributed by atoms with E-state index in [0.29, 0.717) is 19.2 Å². The van der Waals surface area contributed by atoms with Crippen LogP contribution in [-0.4, -0.2) is 30.0 Å². The Morgan fingerprint density at radius 1 is 0.902 bits per heavy atom. The van der Waals surface area contributed by atoms with E-state index in [1.54, 1.807) is 23.5 Å². The minimum absolute atomic E-state index is 0.0150. The number of imidazole rings is 1. The Hall–Kier alpha value is -2.58. The summed E-state index contributed by atoms with van der Waals surface area (Å²) >= 11 is 3.50. The van der Waals surface area contributed by atoms with E-state index >= 15 is 0 Å². The molecule has 4 nitrogen and oxygen atoms in total. The molecule has 0 bridgehead atoms. The van der Waals surface area contributed by atoms with Gasteiger partial charge in [-0.2, -0.15) is 0 Å². The van der Waals surface area contributed by atoms with Crippen molar-refractivity contribution in [1.82, 2.24) is 9.55 Å². The molecule has 0 saturated carbocycles. The zero-order chi connectivity index (χ0) is 29.4. The molecule has 0 radical (unpaired) electrons. The van der Waals surface area contributed by atoms with Crippen molar-refractivity contribution in [2.45, 2.75) is 64.7 Å². The van der Waals surface area contributed by atoms with Crippen molar-refractivity contribution < 1.29 is 9.53 Å². The van der Waals surface area contributed by atoms with Crippen LogP contribution in [0.4, 0.5) is 0 Å². The van der Waals surface area contributed by atoms with E-state index in [4.69, 9.17) is 9.72 Å². The van der Waals surface area contributed by atoms with Gasteiger partial charge in [-0.25, -0.2) is 4.98 Å². The van der Waals surface area contributed by atoms with Crippen molar-refractivity contribution in [3.05, 3.63) is 111 Å². The van der Waals surface area contributed by atoms with Gasteiger partial charge in [-0.05, 0) is 47.7 Å². The number of hydrogen-bond donors (Lipinski definition) is 0. The zero-order valence-corrected chi connectivity index (χ0v) is 27.8. The number of aromatic nitrogens is 2. The standard InChI is InChI=1S/C34H42N2O2S2Si/c1-25(2)31(34(39-22-27-13-9-7-10-14-27)40-23-28-15-11-8-12-16-28)32(37)33-35-29-21-26(3)17-18-30(29)36(33)24-38-19-20-41(4,5)6/h7-18,21,25H,19-20,22-24H2,1-6H3. The number of Topliss-reactive ketones (excluding diaryl/α,β-unsaturated/α-hetero) is 1. The third-order valence-corrected chi connectivity index (χ3v) is 11.1. The summed E-state index contributed by atoms with van der Waals surface area (Å²) < 4.78 is 9.21. The number of hydrogen-bond acceptors (Lipinski definition) is 5. The molecule has 41 heavy (non-hydrogen) atoms. The van der Waals surface area contributed by atoms with Gasteiger partial charge in [-0.15, -0.1) is 23.5 Å². The Morgan fingerprint density at radius 3 is 2.02 bits per heavy atom. The van der Waals surface area contributed by atoms with Gasteiger partial charge in [-0.3, -0.25) is 9.36 Å². The molecule has 0 fully saturated rings. The van der Waals surface area contributed by atoms with Crippen LogP contribution < -0.4 is 0 Å². The molecule has 0 amide bonds. The first-order valence-corrected chi connectivity index (χ1v) is 20.0. The number of ketones is 1. The molecule has 0 spiro atoms. The fraction of sp³-hybridized carbons (Fsp3) is 0.353. The number of carbonyl (C=O) groups is 1. The normalized spacial score (nSPS) is 11.8. The lowest BCUT2D eigenvalue weighted by atomic mass is 10.0. The average Bonchev–Trinajstić information content (AvgIpc) is 3.30. The molecular formula is C34H42N2O2S2Si. The van der Waals surface area contributed by atoms with Gasteiger partial charge in [0.05, 0.1) is 11.0 Å². The maximum absolute atomic E-state index is 14.5. The molecule has 216 valence electrons. The molecule has 0 saturated heterocycles. The molecule has 4 aromatic rings. The van der Waals surface area contributed by atoms with E-state index in [-0.39, 0.29) is 11.7 Å². The van der Waals surface area contributed by atoms with E-state index < -0.39 is 8.07 Å². The Morgan fingerprint density at radius 2 is 1.49 bits per heavy atom. The molecule has 0 atom stereocenters. The van der Waals surface area contributed by atoms with Crippen LogP contribution in [0, 0.1) is 12.8 Å². The molecule has 0 N–H and O–H groups in total. The first-order chi connectivity index (χ1) is 19.6. The number of aryl methyl sites for hydroxylation is 1. The van der Waals surface area contributed by atoms with Crippen molar-refractivity contribution in [2.75, 3.05) is 6.61 Å². The number of ether oxygens (including phenoxy) is 1. The molecule has 0 aliphatic rings. The van der Waals surface area contributed by atoms with Crippen LogP contribution in [0.25, 0.3) is 11.0 Å². The van der Waals surface area contributed by atoms with Gasteiger partial charge in [0.1, 0.15) is 6.73 Å². The second-order valence-electron chi connectivity index (χ2n) is 11.9. The lowest BCUT2D eigenvalue weighted by Crippen LogP contribution is -2.23. The predicted molar refractivity (Wildman–Crippen MR) is 180 cm³/mol. The SMILES string of the molecule is Cc1ccc2c(c1)nc(C(=O)C(=C(SCc1ccccc1)SCc1ccccc1)C(C)C)n2COCC[Si](C)(C)C. The largest absolute Gasteiger partial charge is 0.361 e. The van der Waals surface area contributed by atoms with E-state index in [1.807, 2.05) is 16.7 Å². The summed E-state index contributed by atoms with van der Waals surface area (Å²) in [6.07, 6.45) is 0. The van der Waals surface area contributed by atoms with Crippen LogP contribution in [-0.2, 0) is 23.0 Å². The highest BCUT2D eigenvalue weighted by molar-refractivity contribution is 8.21. The highest BCUT2D eigenvalue weighted by atomic mass is 32.2. The van der Waals surface area contributed by atoms with Crippen LogP contribution in [0.15, 0.2) is 88.7 Å². The van der Waals surface area contributed by atoms with Crippen LogP contribution in [0.1, 0.15) is 41.2 Å². The van der Waals surface area contributed by atoms with Crippen LogP contribution in [0.5, 0.6) is 0 Å². The van der Waals surface area contributed by atoms with Gasteiger partial charge < -0.3 is 4.74 Å². The Kier molecular flexibility index (Phi) is 11.1. The topological polar surface area (TPSA) is 44.1 Å². The number of carbonyl (C=O) groups excluding carboxylic acids is 1. The Bertz CT molecular complexity index is 1430. The Labute approximate surface area is 255 Å². The van der Waals surface area contributed by atoms with Crippen LogP contribution >= 0.6 is 23.5 Å². The van der Waals surface area contributed by atoms with Crippen molar-refractivity contribution in [1.29, 1.82) is 0 Å². The fourth-order valence-electron chi connectivity index (χ4n) is 4.43. The minimum Gasteiger partial charge on any atom is -0.361 e. The summed E-state index contributed by atoms with van der Waals surface area (Å²) in [5.41, 5.74) is 6.19. The second kappa shape index (κ2) is 14.5. The highest BCUT2D eigenvalue weighted by Gasteiger charge is 2.27. The molecule has 0 aliphatic heterocycles. The fourth-order valence-corrected chi connectivity index (χ4v) is 7.82. The Balaban J connectivity index is 1.72. The number of allylic oxidation sites excluding steroid dienone is 1. The van der Waals surface area contributed by atoms with E-state index in [9.17, 15) is 4.79 Å². The molecule has 1 aromatic heterocycles. The van der Waals surface area contributed by atoms with Crippen molar-refractivity contribution >= 4 is 48.4 Å². The molecule has 0 unspecified atom stereocenters. The second-order valence-corrected chi connectivity index (χ2v) is 19.8. The van der Waals surface area contributed by atoms with Gasteiger partial charge in [-0.1, -0.05) is 100 Å². The molecule has 3 aromatic carbocycles. The number of rotatable bonds is 14.